The number of rotatable bonds is 4. The number of morpholine rings is 1. The van der Waals surface area contributed by atoms with Gasteiger partial charge in [-0.3, -0.25) is 4.79 Å². The largest absolute Gasteiger partial charge is 0.370 e. The molecule has 1 aliphatic carbocycles. The fraction of sp³-hybridized carbons (Fsp3) is 0.611. The molecule has 0 radical (unpaired) electrons. The quantitative estimate of drug-likeness (QED) is 0.849. The maximum Gasteiger partial charge on any atom is 0.222 e. The van der Waals surface area contributed by atoms with Crippen molar-refractivity contribution in [2.75, 3.05) is 19.7 Å². The highest BCUT2D eigenvalue weighted by Crippen LogP contribution is 2.29. The predicted octanol–water partition coefficient (Wildman–Crippen LogP) is 3.70. The van der Waals surface area contributed by atoms with Gasteiger partial charge in [0.1, 0.15) is 11.9 Å². The van der Waals surface area contributed by atoms with E-state index < -0.39 is 0 Å². The van der Waals surface area contributed by atoms with Crippen LogP contribution in [-0.2, 0) is 9.53 Å². The molecule has 0 bridgehead atoms. The first-order valence-corrected chi connectivity index (χ1v) is 8.37. The fourth-order valence-corrected chi connectivity index (χ4v) is 3.54. The van der Waals surface area contributed by atoms with Crippen LogP contribution in [0.25, 0.3) is 0 Å². The van der Waals surface area contributed by atoms with Crippen LogP contribution >= 0.6 is 0 Å². The molecule has 120 valence electrons. The summed E-state index contributed by atoms with van der Waals surface area (Å²) < 4.78 is 18.7. The summed E-state index contributed by atoms with van der Waals surface area (Å²) in [6.07, 6.45) is 6.76. The van der Waals surface area contributed by atoms with Gasteiger partial charge in [0.2, 0.25) is 5.91 Å². The second-order valence-corrected chi connectivity index (χ2v) is 6.44. The van der Waals surface area contributed by atoms with Crippen LogP contribution in [0, 0.1) is 11.7 Å². The Hall–Kier alpha value is -1.42. The summed E-state index contributed by atoms with van der Waals surface area (Å²) in [7, 11) is 0. The number of nitrogens with zero attached hydrogens (tertiary/aromatic N) is 1. The zero-order valence-corrected chi connectivity index (χ0v) is 13.0. The number of halogens is 1. The third kappa shape index (κ3) is 3.86. The van der Waals surface area contributed by atoms with Crippen LogP contribution in [-0.4, -0.2) is 30.5 Å². The first-order chi connectivity index (χ1) is 10.7. The summed E-state index contributed by atoms with van der Waals surface area (Å²) in [6.45, 7) is 1.80. The number of ether oxygens (including phenoxy) is 1. The van der Waals surface area contributed by atoms with Gasteiger partial charge in [-0.2, -0.15) is 0 Å². The number of carbonyl (C=O) groups is 1. The molecule has 2 fully saturated rings. The molecule has 1 heterocycles. The fourth-order valence-electron chi connectivity index (χ4n) is 3.54. The molecule has 0 N–H and O–H groups in total. The highest BCUT2D eigenvalue weighted by Gasteiger charge is 2.26. The smallest absolute Gasteiger partial charge is 0.222 e. The first-order valence-electron chi connectivity index (χ1n) is 8.37. The van der Waals surface area contributed by atoms with Crippen LogP contribution in [0.2, 0.25) is 0 Å². The lowest BCUT2D eigenvalue weighted by Gasteiger charge is -2.33. The summed E-state index contributed by atoms with van der Waals surface area (Å²) in [5, 5.41) is 0. The van der Waals surface area contributed by atoms with Crippen LogP contribution in [0.15, 0.2) is 24.3 Å². The maximum absolute atomic E-state index is 13.0. The van der Waals surface area contributed by atoms with Gasteiger partial charge in [-0.25, -0.2) is 4.39 Å². The molecule has 1 amide bonds. The molecular formula is C18H24FNO2. The number of carbonyl (C=O) groups excluding carboxylic acids is 1. The van der Waals surface area contributed by atoms with E-state index in [2.05, 4.69) is 0 Å². The topological polar surface area (TPSA) is 29.5 Å². The molecule has 4 heteroatoms. The molecule has 1 aromatic carbocycles. The van der Waals surface area contributed by atoms with E-state index in [4.69, 9.17) is 4.74 Å². The Bertz CT molecular complexity index is 496. The molecule has 1 unspecified atom stereocenters. The van der Waals surface area contributed by atoms with Gasteiger partial charge in [-0.05, 0) is 30.0 Å². The van der Waals surface area contributed by atoms with Gasteiger partial charge in [0.05, 0.1) is 13.2 Å². The van der Waals surface area contributed by atoms with Crippen molar-refractivity contribution in [1.29, 1.82) is 0 Å². The number of hydrogen-bond donors (Lipinski definition) is 0. The van der Waals surface area contributed by atoms with E-state index in [-0.39, 0.29) is 17.8 Å². The van der Waals surface area contributed by atoms with Gasteiger partial charge in [-0.1, -0.05) is 37.8 Å². The van der Waals surface area contributed by atoms with Crippen molar-refractivity contribution < 1.29 is 13.9 Å². The molecule has 1 atom stereocenters. The Morgan fingerprint density at radius 1 is 1.23 bits per heavy atom. The summed E-state index contributed by atoms with van der Waals surface area (Å²) in [5.41, 5.74) is 0.940. The molecular weight excluding hydrogens is 281 g/mol. The molecule has 3 rings (SSSR count). The van der Waals surface area contributed by atoms with Gasteiger partial charge in [0.25, 0.3) is 0 Å². The van der Waals surface area contributed by atoms with Crippen LogP contribution in [0.4, 0.5) is 4.39 Å². The van der Waals surface area contributed by atoms with Crippen LogP contribution in [0.3, 0.4) is 0 Å². The normalized spacial score (nSPS) is 23.0. The molecule has 2 aliphatic rings. The van der Waals surface area contributed by atoms with E-state index in [9.17, 15) is 9.18 Å². The minimum absolute atomic E-state index is 0.134. The van der Waals surface area contributed by atoms with E-state index in [1.807, 2.05) is 4.90 Å². The monoisotopic (exact) mass is 305 g/mol. The maximum atomic E-state index is 13.0. The van der Waals surface area contributed by atoms with E-state index >= 15 is 0 Å². The molecule has 1 aliphatic heterocycles. The Labute approximate surface area is 131 Å². The summed E-state index contributed by atoms with van der Waals surface area (Å²) in [5.74, 6) is 0.740. The van der Waals surface area contributed by atoms with Crippen molar-refractivity contribution in [1.82, 2.24) is 4.90 Å². The molecule has 1 aromatic rings. The number of benzene rings is 1. The Morgan fingerprint density at radius 2 is 1.95 bits per heavy atom. The van der Waals surface area contributed by atoms with Gasteiger partial charge in [0, 0.05) is 13.0 Å². The predicted molar refractivity (Wildman–Crippen MR) is 82.9 cm³/mol. The van der Waals surface area contributed by atoms with Crippen LogP contribution in [0.1, 0.15) is 50.2 Å². The second kappa shape index (κ2) is 7.23. The van der Waals surface area contributed by atoms with Crippen LogP contribution in [0.5, 0.6) is 0 Å². The highest BCUT2D eigenvalue weighted by atomic mass is 19.1. The summed E-state index contributed by atoms with van der Waals surface area (Å²) in [6, 6.07) is 6.37. The van der Waals surface area contributed by atoms with E-state index in [0.29, 0.717) is 26.1 Å². The van der Waals surface area contributed by atoms with Gasteiger partial charge in [-0.15, -0.1) is 0 Å². The number of amides is 1. The average Bonchev–Trinajstić information content (AvgIpc) is 3.07. The van der Waals surface area contributed by atoms with E-state index in [1.165, 1.54) is 37.8 Å². The van der Waals surface area contributed by atoms with Crippen molar-refractivity contribution in [3.63, 3.8) is 0 Å². The zero-order chi connectivity index (χ0) is 15.4. The van der Waals surface area contributed by atoms with Gasteiger partial charge in [0.15, 0.2) is 0 Å². The van der Waals surface area contributed by atoms with Crippen LogP contribution < -0.4 is 0 Å². The minimum atomic E-state index is -0.246. The highest BCUT2D eigenvalue weighted by molar-refractivity contribution is 5.76. The molecule has 1 saturated heterocycles. The average molecular weight is 305 g/mol. The lowest BCUT2D eigenvalue weighted by atomic mass is 10.0. The minimum Gasteiger partial charge on any atom is -0.370 e. The lowest BCUT2D eigenvalue weighted by Crippen LogP contribution is -2.42. The molecule has 22 heavy (non-hydrogen) atoms. The van der Waals surface area contributed by atoms with Gasteiger partial charge < -0.3 is 9.64 Å². The Morgan fingerprint density at radius 3 is 2.68 bits per heavy atom. The Kier molecular flexibility index (Phi) is 5.08. The third-order valence-electron chi connectivity index (χ3n) is 4.90. The summed E-state index contributed by atoms with van der Waals surface area (Å²) >= 11 is 0. The van der Waals surface area contributed by atoms with E-state index in [1.54, 1.807) is 12.1 Å². The van der Waals surface area contributed by atoms with Crippen molar-refractivity contribution >= 4 is 5.91 Å². The SMILES string of the molecule is O=C(CCC1CCCC1)N1CCOC(c2ccc(F)cc2)C1. The van der Waals surface area contributed by atoms with Crippen molar-refractivity contribution in [3.8, 4) is 0 Å². The first kappa shape index (κ1) is 15.5. The van der Waals surface area contributed by atoms with Crippen molar-refractivity contribution in [3.05, 3.63) is 35.6 Å². The molecule has 3 nitrogen and oxygen atoms in total. The Balaban J connectivity index is 1.53. The van der Waals surface area contributed by atoms with Gasteiger partial charge >= 0.3 is 0 Å². The zero-order valence-electron chi connectivity index (χ0n) is 13.0. The van der Waals surface area contributed by atoms with Crippen molar-refractivity contribution in [2.24, 2.45) is 5.92 Å². The molecule has 0 spiro atoms. The van der Waals surface area contributed by atoms with E-state index in [0.717, 1.165) is 17.9 Å². The van der Waals surface area contributed by atoms with Crippen molar-refractivity contribution in [2.45, 2.75) is 44.6 Å². The standard InChI is InChI=1S/C18H24FNO2/c19-16-8-6-15(7-9-16)17-13-20(11-12-22-17)18(21)10-5-14-3-1-2-4-14/h6-9,14,17H,1-5,10-13H2. The second-order valence-electron chi connectivity index (χ2n) is 6.44. The third-order valence-corrected chi connectivity index (χ3v) is 4.90. The number of hydrogen-bond acceptors (Lipinski definition) is 2. The molecule has 0 aromatic heterocycles. The summed E-state index contributed by atoms with van der Waals surface area (Å²) in [4.78, 5) is 14.3. The molecule has 1 saturated carbocycles. The lowest BCUT2D eigenvalue weighted by molar-refractivity contribution is -0.139.